The second kappa shape index (κ2) is 10.1. The maximum absolute atomic E-state index is 10.9. The molecule has 0 aliphatic heterocycles. The first-order valence-corrected chi connectivity index (χ1v) is 7.81. The number of carbonyl (C=O) groups excluding carboxylic acids is 2. The van der Waals surface area contributed by atoms with Crippen LogP contribution in [0.15, 0.2) is 0 Å². The van der Waals surface area contributed by atoms with Crippen LogP contribution >= 0.6 is 0 Å². The molecule has 0 aromatic carbocycles. The first-order chi connectivity index (χ1) is 9.59. The monoisotopic (exact) mass is 284 g/mol. The van der Waals surface area contributed by atoms with Crippen molar-refractivity contribution in [1.29, 1.82) is 0 Å². The van der Waals surface area contributed by atoms with E-state index < -0.39 is 0 Å². The molecule has 0 N–H and O–H groups in total. The van der Waals surface area contributed by atoms with Crippen molar-refractivity contribution in [2.24, 2.45) is 0 Å². The molecule has 4 nitrogen and oxygen atoms in total. The molecule has 1 fully saturated rings. The van der Waals surface area contributed by atoms with Gasteiger partial charge in [0.1, 0.15) is 11.6 Å². The van der Waals surface area contributed by atoms with Crippen LogP contribution in [0.3, 0.4) is 0 Å². The van der Waals surface area contributed by atoms with Crippen molar-refractivity contribution in [3.05, 3.63) is 0 Å². The van der Waals surface area contributed by atoms with Crippen molar-refractivity contribution in [2.75, 3.05) is 13.2 Å². The van der Waals surface area contributed by atoms with E-state index in [0.29, 0.717) is 26.1 Å². The Bertz CT molecular complexity index is 271. The summed E-state index contributed by atoms with van der Waals surface area (Å²) in [6, 6.07) is 0. The average molecular weight is 284 g/mol. The van der Waals surface area contributed by atoms with Gasteiger partial charge in [0, 0.05) is 26.1 Å². The minimum absolute atomic E-state index is 0.160. The smallest absolute Gasteiger partial charge is 0.129 e. The molecule has 0 heterocycles. The predicted molar refractivity (Wildman–Crippen MR) is 77.8 cm³/mol. The highest BCUT2D eigenvalue weighted by atomic mass is 16.5. The molecule has 0 bridgehead atoms. The zero-order chi connectivity index (χ0) is 14.8. The highest BCUT2D eigenvalue weighted by Gasteiger charge is 2.26. The summed E-state index contributed by atoms with van der Waals surface area (Å²) in [7, 11) is 0. The van der Waals surface area contributed by atoms with Crippen LogP contribution in [0.1, 0.15) is 65.2 Å². The Balaban J connectivity index is 2.19. The third-order valence-electron chi connectivity index (χ3n) is 3.65. The molecule has 116 valence electrons. The molecule has 2 atom stereocenters. The molecule has 0 radical (unpaired) electrons. The molecule has 1 saturated carbocycles. The predicted octanol–water partition coefficient (Wildman–Crippen LogP) is 3.07. The maximum atomic E-state index is 10.9. The molecule has 20 heavy (non-hydrogen) atoms. The van der Waals surface area contributed by atoms with Crippen LogP contribution in [0.5, 0.6) is 0 Å². The molecule has 1 aliphatic carbocycles. The Morgan fingerprint density at radius 3 is 1.60 bits per heavy atom. The summed E-state index contributed by atoms with van der Waals surface area (Å²) < 4.78 is 11.8. The van der Waals surface area contributed by atoms with Crippen LogP contribution in [0, 0.1) is 0 Å². The molecule has 4 heteroatoms. The Morgan fingerprint density at radius 2 is 1.25 bits per heavy atom. The number of rotatable bonds is 10. The Kier molecular flexibility index (Phi) is 8.70. The van der Waals surface area contributed by atoms with Crippen molar-refractivity contribution < 1.29 is 19.1 Å². The van der Waals surface area contributed by atoms with Gasteiger partial charge in [-0.3, -0.25) is 0 Å². The summed E-state index contributed by atoms with van der Waals surface area (Å²) >= 11 is 0. The van der Waals surface area contributed by atoms with Gasteiger partial charge in [0.05, 0.1) is 12.2 Å². The number of carbonyl (C=O) groups is 2. The normalized spacial score (nSPS) is 22.7. The van der Waals surface area contributed by atoms with E-state index >= 15 is 0 Å². The molecule has 2 unspecified atom stereocenters. The molecule has 0 aromatic rings. The van der Waals surface area contributed by atoms with Gasteiger partial charge in [0.15, 0.2) is 0 Å². The van der Waals surface area contributed by atoms with Gasteiger partial charge >= 0.3 is 0 Å². The summed E-state index contributed by atoms with van der Waals surface area (Å²) in [5.74, 6) is 0.434. The molecule has 0 aromatic heterocycles. The van der Waals surface area contributed by atoms with E-state index in [2.05, 4.69) is 0 Å². The van der Waals surface area contributed by atoms with E-state index in [1.165, 1.54) is 12.8 Å². The molecule has 0 amide bonds. The fourth-order valence-electron chi connectivity index (χ4n) is 2.56. The SMILES string of the molecule is CC(=O)CCCOC1CCCCC1OCCCC(C)=O. The highest BCUT2D eigenvalue weighted by Crippen LogP contribution is 2.24. The van der Waals surface area contributed by atoms with Gasteiger partial charge in [-0.25, -0.2) is 0 Å². The van der Waals surface area contributed by atoms with Crippen LogP contribution < -0.4 is 0 Å². The average Bonchev–Trinajstić information content (AvgIpc) is 2.40. The molecule has 1 rings (SSSR count). The first kappa shape index (κ1) is 17.3. The van der Waals surface area contributed by atoms with Gasteiger partial charge in [-0.1, -0.05) is 12.8 Å². The van der Waals surface area contributed by atoms with Gasteiger partial charge in [-0.2, -0.15) is 0 Å². The van der Waals surface area contributed by atoms with Crippen LogP contribution in [0.4, 0.5) is 0 Å². The Labute approximate surface area is 122 Å². The molecular formula is C16H28O4. The first-order valence-electron chi connectivity index (χ1n) is 7.81. The fourth-order valence-corrected chi connectivity index (χ4v) is 2.56. The molecule has 0 spiro atoms. The zero-order valence-corrected chi connectivity index (χ0v) is 12.9. The van der Waals surface area contributed by atoms with Crippen molar-refractivity contribution in [3.8, 4) is 0 Å². The van der Waals surface area contributed by atoms with E-state index in [0.717, 1.165) is 25.7 Å². The van der Waals surface area contributed by atoms with Crippen molar-refractivity contribution in [2.45, 2.75) is 77.4 Å². The second-order valence-corrected chi connectivity index (χ2v) is 5.71. The lowest BCUT2D eigenvalue weighted by Gasteiger charge is -2.31. The largest absolute Gasteiger partial charge is 0.376 e. The van der Waals surface area contributed by atoms with Crippen molar-refractivity contribution in [3.63, 3.8) is 0 Å². The van der Waals surface area contributed by atoms with Crippen molar-refractivity contribution >= 4 is 11.6 Å². The summed E-state index contributed by atoms with van der Waals surface area (Å²) in [4.78, 5) is 21.8. The minimum atomic E-state index is 0.160. The Hall–Kier alpha value is -0.740. The van der Waals surface area contributed by atoms with E-state index in [1.54, 1.807) is 13.8 Å². The lowest BCUT2D eigenvalue weighted by molar-refractivity contribution is -0.120. The van der Waals surface area contributed by atoms with Crippen LogP contribution in [-0.4, -0.2) is 37.0 Å². The fraction of sp³-hybridized carbons (Fsp3) is 0.875. The summed E-state index contributed by atoms with van der Waals surface area (Å²) in [6.45, 7) is 4.50. The lowest BCUT2D eigenvalue weighted by atomic mass is 9.94. The highest BCUT2D eigenvalue weighted by molar-refractivity contribution is 5.75. The topological polar surface area (TPSA) is 52.6 Å². The van der Waals surface area contributed by atoms with E-state index in [1.807, 2.05) is 0 Å². The number of hydrogen-bond acceptors (Lipinski definition) is 4. The quantitative estimate of drug-likeness (QED) is 0.579. The second-order valence-electron chi connectivity index (χ2n) is 5.71. The zero-order valence-electron chi connectivity index (χ0n) is 12.9. The number of ketones is 2. The van der Waals surface area contributed by atoms with Gasteiger partial charge < -0.3 is 19.1 Å². The van der Waals surface area contributed by atoms with Gasteiger partial charge in [-0.05, 0) is 39.5 Å². The van der Waals surface area contributed by atoms with Gasteiger partial charge in [0.2, 0.25) is 0 Å². The minimum Gasteiger partial charge on any atom is -0.376 e. The number of ether oxygens (including phenoxy) is 2. The van der Waals surface area contributed by atoms with Crippen LogP contribution in [-0.2, 0) is 19.1 Å². The van der Waals surface area contributed by atoms with E-state index in [-0.39, 0.29) is 23.8 Å². The van der Waals surface area contributed by atoms with Gasteiger partial charge in [-0.15, -0.1) is 0 Å². The number of hydrogen-bond donors (Lipinski definition) is 0. The third-order valence-corrected chi connectivity index (χ3v) is 3.65. The van der Waals surface area contributed by atoms with Gasteiger partial charge in [0.25, 0.3) is 0 Å². The van der Waals surface area contributed by atoms with E-state index in [9.17, 15) is 9.59 Å². The molecular weight excluding hydrogens is 256 g/mol. The maximum Gasteiger partial charge on any atom is 0.129 e. The Morgan fingerprint density at radius 1 is 0.850 bits per heavy atom. The third kappa shape index (κ3) is 7.75. The lowest BCUT2D eigenvalue weighted by Crippen LogP contribution is -2.35. The van der Waals surface area contributed by atoms with Crippen LogP contribution in [0.25, 0.3) is 0 Å². The van der Waals surface area contributed by atoms with Crippen LogP contribution in [0.2, 0.25) is 0 Å². The van der Waals surface area contributed by atoms with E-state index in [4.69, 9.17) is 9.47 Å². The number of Topliss-reactive ketones (excluding diaryl/α,β-unsaturated/α-hetero) is 2. The molecule has 0 saturated heterocycles. The standard InChI is InChI=1S/C16H28O4/c1-13(17)7-5-11-19-15-9-3-4-10-16(15)20-12-6-8-14(2)18/h15-16H,3-12H2,1-2H3. The summed E-state index contributed by atoms with van der Waals surface area (Å²) in [5.41, 5.74) is 0. The summed E-state index contributed by atoms with van der Waals surface area (Å²) in [5, 5.41) is 0. The van der Waals surface area contributed by atoms with Crippen molar-refractivity contribution in [1.82, 2.24) is 0 Å². The summed E-state index contributed by atoms with van der Waals surface area (Å²) in [6.07, 6.45) is 7.55. The molecule has 1 aliphatic rings.